The number of nitrogens with one attached hydrogen (secondary N) is 1. The van der Waals surface area contributed by atoms with Crippen molar-refractivity contribution in [2.24, 2.45) is 0 Å². The maximum Gasteiger partial charge on any atom is 0.262 e. The zero-order chi connectivity index (χ0) is 22.8. The molecule has 1 aliphatic heterocycles. The third kappa shape index (κ3) is 4.47. The summed E-state index contributed by atoms with van der Waals surface area (Å²) < 4.78 is 5.70. The van der Waals surface area contributed by atoms with Gasteiger partial charge < -0.3 is 15.0 Å². The number of hydrogen-bond donors (Lipinski definition) is 1. The molecule has 0 radical (unpaired) electrons. The van der Waals surface area contributed by atoms with Gasteiger partial charge in [-0.15, -0.1) is 11.3 Å². The molecule has 0 atom stereocenters. The Balaban J connectivity index is 1.24. The summed E-state index contributed by atoms with van der Waals surface area (Å²) in [6, 6.07) is 21.3. The lowest BCUT2D eigenvalue weighted by molar-refractivity contribution is -0.118. The molecule has 2 amide bonds. The largest absolute Gasteiger partial charge is 0.484 e. The molecule has 0 spiro atoms. The Labute approximate surface area is 196 Å². The van der Waals surface area contributed by atoms with E-state index in [1.807, 2.05) is 66.4 Å². The summed E-state index contributed by atoms with van der Waals surface area (Å²) >= 11 is 1.75. The highest BCUT2D eigenvalue weighted by Gasteiger charge is 2.24. The minimum Gasteiger partial charge on any atom is -0.484 e. The number of carbonyl (C=O) groups excluding carboxylic acids is 2. The molecule has 166 valence electrons. The molecule has 0 fully saturated rings. The van der Waals surface area contributed by atoms with E-state index in [-0.39, 0.29) is 18.4 Å². The molecule has 4 aromatic rings. The summed E-state index contributed by atoms with van der Waals surface area (Å²) in [5, 5.41) is 7.16. The van der Waals surface area contributed by atoms with Crippen LogP contribution in [0.5, 0.6) is 5.75 Å². The smallest absolute Gasteiger partial charge is 0.262 e. The first-order valence-electron chi connectivity index (χ1n) is 10.9. The van der Waals surface area contributed by atoms with Gasteiger partial charge in [-0.05, 0) is 71.0 Å². The van der Waals surface area contributed by atoms with E-state index in [2.05, 4.69) is 16.8 Å². The van der Waals surface area contributed by atoms with E-state index in [0.717, 1.165) is 22.8 Å². The van der Waals surface area contributed by atoms with Crippen LogP contribution in [-0.2, 0) is 17.8 Å². The maximum absolute atomic E-state index is 13.2. The Kier molecular flexibility index (Phi) is 5.84. The molecule has 5 nitrogen and oxygen atoms in total. The van der Waals surface area contributed by atoms with Crippen molar-refractivity contribution < 1.29 is 14.3 Å². The first-order chi connectivity index (χ1) is 16.1. The van der Waals surface area contributed by atoms with E-state index >= 15 is 0 Å². The number of thiophene rings is 1. The molecule has 0 bridgehead atoms. The van der Waals surface area contributed by atoms with Crippen molar-refractivity contribution in [3.63, 3.8) is 0 Å². The molecule has 5 rings (SSSR count). The van der Waals surface area contributed by atoms with Gasteiger partial charge in [0.05, 0.1) is 0 Å². The summed E-state index contributed by atoms with van der Waals surface area (Å²) in [5.41, 5.74) is 3.23. The molecule has 3 aromatic carbocycles. The highest BCUT2D eigenvalue weighted by Crippen LogP contribution is 2.27. The number of hydrogen-bond acceptors (Lipinski definition) is 4. The predicted molar refractivity (Wildman–Crippen MR) is 132 cm³/mol. The lowest BCUT2D eigenvalue weighted by Gasteiger charge is -2.28. The molecule has 1 N–H and O–H groups in total. The molecule has 1 aromatic heterocycles. The second-order valence-electron chi connectivity index (χ2n) is 8.17. The van der Waals surface area contributed by atoms with Gasteiger partial charge in [-0.1, -0.05) is 36.4 Å². The van der Waals surface area contributed by atoms with Gasteiger partial charge >= 0.3 is 0 Å². The van der Waals surface area contributed by atoms with E-state index in [4.69, 9.17) is 4.74 Å². The van der Waals surface area contributed by atoms with Crippen molar-refractivity contribution in [1.29, 1.82) is 0 Å². The van der Waals surface area contributed by atoms with Gasteiger partial charge in [-0.25, -0.2) is 0 Å². The Hall–Kier alpha value is -3.64. The van der Waals surface area contributed by atoms with Crippen LogP contribution >= 0.6 is 11.3 Å². The maximum atomic E-state index is 13.2. The molecule has 1 aliphatic rings. The number of nitrogens with zero attached hydrogens (tertiary/aromatic N) is 1. The number of ether oxygens (including phenoxy) is 1. The first kappa shape index (κ1) is 21.2. The number of anilines is 1. The van der Waals surface area contributed by atoms with Gasteiger partial charge in [0.25, 0.3) is 11.8 Å². The van der Waals surface area contributed by atoms with Crippen molar-refractivity contribution in [1.82, 2.24) is 4.90 Å². The molecule has 0 saturated carbocycles. The van der Waals surface area contributed by atoms with Crippen LogP contribution in [-0.4, -0.2) is 29.9 Å². The van der Waals surface area contributed by atoms with Gasteiger partial charge in [0.1, 0.15) is 5.75 Å². The summed E-state index contributed by atoms with van der Waals surface area (Å²) in [5.74, 6) is 0.368. The third-order valence-electron chi connectivity index (χ3n) is 6.02. The lowest BCUT2D eigenvalue weighted by atomic mass is 10.0. The van der Waals surface area contributed by atoms with Gasteiger partial charge in [0.15, 0.2) is 6.61 Å². The number of rotatable bonds is 5. The molecule has 6 heteroatoms. The second kappa shape index (κ2) is 9.08. The van der Waals surface area contributed by atoms with E-state index < -0.39 is 0 Å². The SMILES string of the molecule is Cc1c(NC(=O)COc2ccc3ccccc3c2)cccc1C(=O)N1CCc2sccc2C1. The Morgan fingerprint density at radius 3 is 2.76 bits per heavy atom. The number of carbonyl (C=O) groups is 2. The Bertz CT molecular complexity index is 1340. The fourth-order valence-corrected chi connectivity index (χ4v) is 5.08. The second-order valence-corrected chi connectivity index (χ2v) is 9.17. The monoisotopic (exact) mass is 456 g/mol. The molecule has 0 aliphatic carbocycles. The Morgan fingerprint density at radius 1 is 1.03 bits per heavy atom. The minimum atomic E-state index is -0.267. The number of fused-ring (bicyclic) bond motifs is 2. The molecule has 0 saturated heterocycles. The van der Waals surface area contributed by atoms with Crippen LogP contribution < -0.4 is 10.1 Å². The summed E-state index contributed by atoms with van der Waals surface area (Å²) in [4.78, 5) is 29.0. The van der Waals surface area contributed by atoms with Crippen molar-refractivity contribution in [2.75, 3.05) is 18.5 Å². The molecule has 33 heavy (non-hydrogen) atoms. The van der Waals surface area contributed by atoms with Gasteiger partial charge in [0.2, 0.25) is 0 Å². The fourth-order valence-electron chi connectivity index (χ4n) is 4.19. The van der Waals surface area contributed by atoms with Gasteiger partial charge in [-0.2, -0.15) is 0 Å². The first-order valence-corrected chi connectivity index (χ1v) is 11.8. The predicted octanol–water partition coefficient (Wildman–Crippen LogP) is 5.43. The van der Waals surface area contributed by atoms with Crippen LogP contribution in [0.2, 0.25) is 0 Å². The van der Waals surface area contributed by atoms with E-state index in [9.17, 15) is 9.59 Å². The number of amides is 2. The highest BCUT2D eigenvalue weighted by atomic mass is 32.1. The van der Waals surface area contributed by atoms with Crippen LogP contribution in [0.15, 0.2) is 72.1 Å². The zero-order valence-electron chi connectivity index (χ0n) is 18.3. The van der Waals surface area contributed by atoms with Crippen molar-refractivity contribution in [3.8, 4) is 5.75 Å². The number of benzene rings is 3. The molecule has 2 heterocycles. The summed E-state index contributed by atoms with van der Waals surface area (Å²) in [6.07, 6.45) is 0.889. The Morgan fingerprint density at radius 2 is 1.88 bits per heavy atom. The van der Waals surface area contributed by atoms with Crippen molar-refractivity contribution in [3.05, 3.63) is 93.7 Å². The van der Waals surface area contributed by atoms with Gasteiger partial charge in [0, 0.05) is 29.2 Å². The van der Waals surface area contributed by atoms with Crippen LogP contribution in [0.25, 0.3) is 10.8 Å². The quantitative estimate of drug-likeness (QED) is 0.436. The standard InChI is InChI=1S/C27H24N2O3S/c1-18-23(27(31)29-13-11-25-21(16-29)12-14-33-25)7-4-8-24(18)28-26(30)17-32-22-10-9-19-5-2-3-6-20(19)15-22/h2-10,12,14-15H,11,13,16-17H2,1H3,(H,28,30). The fraction of sp³-hybridized carbons (Fsp3) is 0.185. The van der Waals surface area contributed by atoms with Crippen LogP contribution in [0, 0.1) is 6.92 Å². The van der Waals surface area contributed by atoms with Crippen molar-refractivity contribution >= 4 is 39.6 Å². The molecule has 0 unspecified atom stereocenters. The highest BCUT2D eigenvalue weighted by molar-refractivity contribution is 7.10. The lowest BCUT2D eigenvalue weighted by Crippen LogP contribution is -2.35. The third-order valence-corrected chi connectivity index (χ3v) is 7.05. The average molecular weight is 457 g/mol. The van der Waals surface area contributed by atoms with Crippen LogP contribution in [0.3, 0.4) is 0 Å². The molecular weight excluding hydrogens is 432 g/mol. The van der Waals surface area contributed by atoms with E-state index in [1.54, 1.807) is 17.4 Å². The van der Waals surface area contributed by atoms with E-state index in [0.29, 0.717) is 30.1 Å². The van der Waals surface area contributed by atoms with Gasteiger partial charge in [-0.3, -0.25) is 9.59 Å². The normalized spacial score (nSPS) is 12.9. The average Bonchev–Trinajstić information content (AvgIpc) is 3.31. The summed E-state index contributed by atoms with van der Waals surface area (Å²) in [6.45, 7) is 3.10. The van der Waals surface area contributed by atoms with Crippen LogP contribution in [0.1, 0.15) is 26.4 Å². The zero-order valence-corrected chi connectivity index (χ0v) is 19.2. The van der Waals surface area contributed by atoms with E-state index in [1.165, 1.54) is 10.4 Å². The summed E-state index contributed by atoms with van der Waals surface area (Å²) in [7, 11) is 0. The minimum absolute atomic E-state index is 0.00661. The van der Waals surface area contributed by atoms with Crippen molar-refractivity contribution in [2.45, 2.75) is 19.9 Å². The van der Waals surface area contributed by atoms with Crippen LogP contribution in [0.4, 0.5) is 5.69 Å². The topological polar surface area (TPSA) is 58.6 Å². The molecular formula is C27H24N2O3S.